The number of hydrogen-bond donors (Lipinski definition) is 1. The highest BCUT2D eigenvalue weighted by Gasteiger charge is 2.23. The molecule has 0 unspecified atom stereocenters. The van der Waals surface area contributed by atoms with Crippen molar-refractivity contribution < 1.29 is 14.3 Å². The number of ether oxygens (including phenoxy) is 2. The summed E-state index contributed by atoms with van der Waals surface area (Å²) in [6.07, 6.45) is 2.64. The average molecular weight is 384 g/mol. The molecule has 7 heteroatoms. The molecule has 1 saturated heterocycles. The van der Waals surface area contributed by atoms with E-state index in [1.54, 1.807) is 26.5 Å². The number of hydrogen-bond acceptors (Lipinski definition) is 6. The van der Waals surface area contributed by atoms with Gasteiger partial charge in [-0.25, -0.2) is 4.98 Å². The van der Waals surface area contributed by atoms with Crippen molar-refractivity contribution in [3.8, 4) is 5.75 Å². The number of methoxy groups -OCH3 is 2. The van der Waals surface area contributed by atoms with Crippen LogP contribution in [0.15, 0.2) is 42.6 Å². The second-order valence-electron chi connectivity index (χ2n) is 6.68. The van der Waals surface area contributed by atoms with Crippen LogP contribution in [0, 0.1) is 0 Å². The molecule has 3 rings (SSSR count). The average Bonchev–Trinajstić information content (AvgIpc) is 2.77. The van der Waals surface area contributed by atoms with Crippen molar-refractivity contribution in [2.45, 2.75) is 6.42 Å². The molecule has 1 aliphatic rings. The van der Waals surface area contributed by atoms with Gasteiger partial charge < -0.3 is 24.6 Å². The quantitative estimate of drug-likeness (QED) is 0.706. The zero-order valence-electron chi connectivity index (χ0n) is 16.6. The molecule has 0 bridgehead atoms. The number of rotatable bonds is 8. The molecule has 0 spiro atoms. The Balaban J connectivity index is 1.50. The van der Waals surface area contributed by atoms with E-state index in [2.05, 4.69) is 27.3 Å². The van der Waals surface area contributed by atoms with E-state index in [4.69, 9.17) is 9.47 Å². The summed E-state index contributed by atoms with van der Waals surface area (Å²) in [6.45, 7) is 4.51. The Kier molecular flexibility index (Phi) is 7.08. The van der Waals surface area contributed by atoms with Crippen LogP contribution in [0.5, 0.6) is 5.75 Å². The smallest absolute Gasteiger partial charge is 0.272 e. The number of carbonyl (C=O) groups excluding carboxylic acids is 1. The first-order chi connectivity index (χ1) is 13.7. The van der Waals surface area contributed by atoms with Crippen molar-refractivity contribution in [3.63, 3.8) is 0 Å². The van der Waals surface area contributed by atoms with Crippen LogP contribution in [-0.4, -0.2) is 69.3 Å². The lowest BCUT2D eigenvalue weighted by Gasteiger charge is -2.36. The number of carbonyl (C=O) groups is 1. The van der Waals surface area contributed by atoms with Crippen molar-refractivity contribution in [2.24, 2.45) is 0 Å². The lowest BCUT2D eigenvalue weighted by Crippen LogP contribution is -2.49. The molecule has 1 amide bonds. The normalized spacial score (nSPS) is 14.1. The lowest BCUT2D eigenvalue weighted by molar-refractivity contribution is 0.0741. The van der Waals surface area contributed by atoms with Gasteiger partial charge in [0.1, 0.15) is 11.4 Å². The Hall–Kier alpha value is -2.80. The van der Waals surface area contributed by atoms with Crippen LogP contribution < -0.4 is 15.0 Å². The van der Waals surface area contributed by atoms with Crippen LogP contribution in [0.3, 0.4) is 0 Å². The molecule has 1 N–H and O–H groups in total. The standard InChI is InChI=1S/C21H28N4O3/c1-27-15-3-10-22-17-4-9-20(23-16-17)21(26)25-13-11-24(12-14-25)18-5-7-19(28-2)8-6-18/h4-9,16,22H,3,10-15H2,1-2H3. The summed E-state index contributed by atoms with van der Waals surface area (Å²) in [5.41, 5.74) is 2.55. The molecule has 28 heavy (non-hydrogen) atoms. The lowest BCUT2D eigenvalue weighted by atomic mass is 10.2. The first kappa shape index (κ1) is 19.9. The highest BCUT2D eigenvalue weighted by Crippen LogP contribution is 2.21. The predicted molar refractivity (Wildman–Crippen MR) is 110 cm³/mol. The maximum Gasteiger partial charge on any atom is 0.272 e. The zero-order valence-corrected chi connectivity index (χ0v) is 16.6. The van der Waals surface area contributed by atoms with Gasteiger partial charge in [-0.3, -0.25) is 4.79 Å². The van der Waals surface area contributed by atoms with Crippen LogP contribution in [0.4, 0.5) is 11.4 Å². The Labute approximate surface area is 166 Å². The van der Waals surface area contributed by atoms with E-state index in [0.29, 0.717) is 18.8 Å². The summed E-state index contributed by atoms with van der Waals surface area (Å²) in [5.74, 6) is 0.834. The number of amides is 1. The van der Waals surface area contributed by atoms with Crippen molar-refractivity contribution in [1.29, 1.82) is 0 Å². The second-order valence-corrected chi connectivity index (χ2v) is 6.68. The number of nitrogens with one attached hydrogen (secondary N) is 1. The van der Waals surface area contributed by atoms with E-state index in [9.17, 15) is 4.79 Å². The first-order valence-electron chi connectivity index (χ1n) is 9.58. The molecule has 1 aliphatic heterocycles. The molecule has 1 fully saturated rings. The monoisotopic (exact) mass is 384 g/mol. The van der Waals surface area contributed by atoms with E-state index in [-0.39, 0.29) is 5.91 Å². The van der Waals surface area contributed by atoms with Crippen LogP contribution in [0.25, 0.3) is 0 Å². The molecule has 0 atom stereocenters. The van der Waals surface area contributed by atoms with Gasteiger partial charge in [0.25, 0.3) is 5.91 Å². The molecule has 0 saturated carbocycles. The molecule has 0 radical (unpaired) electrons. The van der Waals surface area contributed by atoms with Gasteiger partial charge in [-0.1, -0.05) is 0 Å². The van der Waals surface area contributed by atoms with Gasteiger partial charge in [0.2, 0.25) is 0 Å². The molecular formula is C21H28N4O3. The third-order valence-corrected chi connectivity index (χ3v) is 4.84. The fraction of sp³-hybridized carbons (Fsp3) is 0.429. The molecule has 150 valence electrons. The third-order valence-electron chi connectivity index (χ3n) is 4.84. The molecule has 1 aromatic carbocycles. The summed E-state index contributed by atoms with van der Waals surface area (Å²) < 4.78 is 10.2. The Morgan fingerprint density at radius 2 is 1.82 bits per heavy atom. The van der Waals surface area contributed by atoms with Gasteiger partial charge in [0.05, 0.1) is 19.0 Å². The van der Waals surface area contributed by atoms with E-state index in [0.717, 1.165) is 49.8 Å². The summed E-state index contributed by atoms with van der Waals surface area (Å²) in [7, 11) is 3.36. The van der Waals surface area contributed by atoms with E-state index >= 15 is 0 Å². The number of pyridine rings is 1. The van der Waals surface area contributed by atoms with E-state index in [1.165, 1.54) is 0 Å². The number of anilines is 2. The molecule has 2 heterocycles. The largest absolute Gasteiger partial charge is 0.497 e. The molecule has 7 nitrogen and oxygen atoms in total. The van der Waals surface area contributed by atoms with Gasteiger partial charge >= 0.3 is 0 Å². The van der Waals surface area contributed by atoms with Crippen LogP contribution >= 0.6 is 0 Å². The fourth-order valence-corrected chi connectivity index (χ4v) is 3.20. The third kappa shape index (κ3) is 5.13. The summed E-state index contributed by atoms with van der Waals surface area (Å²) >= 11 is 0. The van der Waals surface area contributed by atoms with Crippen LogP contribution in [-0.2, 0) is 4.74 Å². The minimum atomic E-state index is -0.0136. The molecule has 0 aliphatic carbocycles. The summed E-state index contributed by atoms with van der Waals surface area (Å²) in [6, 6.07) is 11.7. The van der Waals surface area contributed by atoms with Gasteiger partial charge in [-0.15, -0.1) is 0 Å². The topological polar surface area (TPSA) is 66.9 Å². The second kappa shape index (κ2) is 9.94. The predicted octanol–water partition coefficient (Wildman–Crippen LogP) is 2.50. The Morgan fingerprint density at radius 3 is 2.43 bits per heavy atom. The van der Waals surface area contributed by atoms with Gasteiger partial charge in [0.15, 0.2) is 0 Å². The highest BCUT2D eigenvalue weighted by molar-refractivity contribution is 5.92. The van der Waals surface area contributed by atoms with Crippen molar-refractivity contribution >= 4 is 17.3 Å². The van der Waals surface area contributed by atoms with Gasteiger partial charge in [0, 0.05) is 52.1 Å². The van der Waals surface area contributed by atoms with Gasteiger partial charge in [-0.05, 0) is 42.8 Å². The number of nitrogens with zero attached hydrogens (tertiary/aromatic N) is 3. The maximum atomic E-state index is 12.7. The van der Waals surface area contributed by atoms with Crippen molar-refractivity contribution in [1.82, 2.24) is 9.88 Å². The molecule has 1 aromatic heterocycles. The summed E-state index contributed by atoms with van der Waals surface area (Å²) in [5, 5.41) is 3.27. The zero-order chi connectivity index (χ0) is 19.8. The van der Waals surface area contributed by atoms with Crippen molar-refractivity contribution in [2.75, 3.05) is 63.8 Å². The Morgan fingerprint density at radius 1 is 1.07 bits per heavy atom. The number of aromatic nitrogens is 1. The fourth-order valence-electron chi connectivity index (χ4n) is 3.20. The van der Waals surface area contributed by atoms with Crippen molar-refractivity contribution in [3.05, 3.63) is 48.3 Å². The minimum Gasteiger partial charge on any atom is -0.497 e. The van der Waals surface area contributed by atoms with E-state index < -0.39 is 0 Å². The Bertz CT molecular complexity index is 741. The van der Waals surface area contributed by atoms with E-state index in [1.807, 2.05) is 23.1 Å². The summed E-state index contributed by atoms with van der Waals surface area (Å²) in [4.78, 5) is 21.2. The SMILES string of the molecule is COCCCNc1ccc(C(=O)N2CCN(c3ccc(OC)cc3)CC2)nc1. The molecule has 2 aromatic rings. The first-order valence-corrected chi connectivity index (χ1v) is 9.58. The minimum absolute atomic E-state index is 0.0136. The maximum absolute atomic E-state index is 12.7. The molecular weight excluding hydrogens is 356 g/mol. The highest BCUT2D eigenvalue weighted by atomic mass is 16.5. The van der Waals surface area contributed by atoms with Crippen LogP contribution in [0.2, 0.25) is 0 Å². The number of benzene rings is 1. The van der Waals surface area contributed by atoms with Gasteiger partial charge in [-0.2, -0.15) is 0 Å². The van der Waals surface area contributed by atoms with Crippen LogP contribution in [0.1, 0.15) is 16.9 Å². The number of piperazine rings is 1.